The van der Waals surface area contributed by atoms with Gasteiger partial charge in [-0.2, -0.15) is 5.10 Å². The van der Waals surface area contributed by atoms with Crippen LogP contribution in [0.3, 0.4) is 0 Å². The van der Waals surface area contributed by atoms with Gasteiger partial charge >= 0.3 is 5.97 Å². The van der Waals surface area contributed by atoms with Gasteiger partial charge in [-0.1, -0.05) is 84.0 Å². The van der Waals surface area contributed by atoms with Crippen LogP contribution in [0.1, 0.15) is 113 Å². The number of nitrogens with zero attached hydrogens (tertiary/aromatic N) is 1. The first-order valence-electron chi connectivity index (χ1n) is 13.9. The molecule has 0 fully saturated rings. The van der Waals surface area contributed by atoms with E-state index in [1.165, 1.54) is 70.6 Å². The van der Waals surface area contributed by atoms with Gasteiger partial charge < -0.3 is 9.47 Å². The smallest absolute Gasteiger partial charge is 0.343 e. The number of carbonyl (C=O) groups is 2. The number of hydrogen-bond donors (Lipinski definition) is 1. The number of amides is 1. The molecule has 6 heteroatoms. The fourth-order valence-electron chi connectivity index (χ4n) is 4.05. The maximum absolute atomic E-state index is 12.2. The molecule has 0 saturated carbocycles. The van der Waals surface area contributed by atoms with Gasteiger partial charge in [0.2, 0.25) is 5.91 Å². The average molecular weight is 509 g/mol. The number of carbonyl (C=O) groups excluding carboxylic acids is 2. The highest BCUT2D eigenvalue weighted by atomic mass is 16.5. The summed E-state index contributed by atoms with van der Waals surface area (Å²) in [5, 5.41) is 4.03. The van der Waals surface area contributed by atoms with Gasteiger partial charge in [-0.25, -0.2) is 10.2 Å². The first-order chi connectivity index (χ1) is 18.1. The molecule has 0 unspecified atom stereocenters. The zero-order valence-corrected chi connectivity index (χ0v) is 22.7. The third-order valence-corrected chi connectivity index (χ3v) is 6.33. The minimum absolute atomic E-state index is 0.0654. The summed E-state index contributed by atoms with van der Waals surface area (Å²) in [5.74, 6) is 0.606. The van der Waals surface area contributed by atoms with Crippen molar-refractivity contribution in [1.82, 2.24) is 5.43 Å². The Hall–Kier alpha value is -3.15. The van der Waals surface area contributed by atoms with Crippen molar-refractivity contribution in [1.29, 1.82) is 0 Å². The highest BCUT2D eigenvalue weighted by molar-refractivity contribution is 5.91. The number of nitrogens with one attached hydrogen (secondary N) is 1. The number of methoxy groups -OCH3 is 1. The lowest BCUT2D eigenvalue weighted by Gasteiger charge is -2.05. The summed E-state index contributed by atoms with van der Waals surface area (Å²) in [4.78, 5) is 24.2. The molecule has 2 aromatic carbocycles. The van der Waals surface area contributed by atoms with Crippen LogP contribution in [-0.2, 0) is 4.79 Å². The van der Waals surface area contributed by atoms with Crippen molar-refractivity contribution >= 4 is 18.1 Å². The molecule has 0 saturated heterocycles. The number of rotatable bonds is 19. The summed E-state index contributed by atoms with van der Waals surface area (Å²) in [7, 11) is 1.57. The van der Waals surface area contributed by atoms with Crippen LogP contribution in [0, 0.1) is 0 Å². The van der Waals surface area contributed by atoms with Crippen molar-refractivity contribution in [3.05, 3.63) is 59.7 Å². The van der Waals surface area contributed by atoms with Crippen molar-refractivity contribution < 1.29 is 19.1 Å². The summed E-state index contributed by atoms with van der Waals surface area (Å²) < 4.78 is 10.5. The van der Waals surface area contributed by atoms with E-state index in [9.17, 15) is 9.59 Å². The monoisotopic (exact) mass is 508 g/mol. The lowest BCUT2D eigenvalue weighted by molar-refractivity contribution is -0.121. The molecule has 2 aromatic rings. The van der Waals surface area contributed by atoms with Gasteiger partial charge in [-0.3, -0.25) is 4.79 Å². The van der Waals surface area contributed by atoms with Crippen molar-refractivity contribution in [3.8, 4) is 11.5 Å². The normalized spacial score (nSPS) is 11.0. The molecule has 37 heavy (non-hydrogen) atoms. The number of hydrazone groups is 1. The summed E-state index contributed by atoms with van der Waals surface area (Å²) in [6, 6.07) is 13.7. The zero-order valence-electron chi connectivity index (χ0n) is 22.7. The number of unbranched alkanes of at least 4 members (excludes halogenated alkanes) is 12. The van der Waals surface area contributed by atoms with Gasteiger partial charge in [0.05, 0.1) is 18.9 Å². The molecule has 0 aliphatic rings. The van der Waals surface area contributed by atoms with Crippen molar-refractivity contribution in [2.24, 2.45) is 5.10 Å². The van der Waals surface area contributed by atoms with E-state index in [2.05, 4.69) is 17.5 Å². The van der Waals surface area contributed by atoms with Gasteiger partial charge in [0.25, 0.3) is 0 Å². The number of esters is 1. The molecular weight excluding hydrogens is 464 g/mol. The van der Waals surface area contributed by atoms with E-state index in [-0.39, 0.29) is 5.91 Å². The molecule has 0 atom stereocenters. The number of ether oxygens (including phenoxy) is 2. The van der Waals surface area contributed by atoms with E-state index in [1.807, 2.05) is 0 Å². The third kappa shape index (κ3) is 13.7. The standard InChI is InChI=1S/C31H44N2O4/c1-3-4-5-6-7-8-9-10-11-12-13-14-15-16-30(34)33-32-25-26-17-21-29(22-18-26)37-31(35)27-19-23-28(36-2)24-20-27/h17-25H,3-16H2,1-2H3,(H,33,34)/b32-25-. The number of hydrogen-bond acceptors (Lipinski definition) is 5. The van der Waals surface area contributed by atoms with Crippen molar-refractivity contribution in [2.45, 2.75) is 96.8 Å². The first kappa shape index (κ1) is 30.1. The predicted octanol–water partition coefficient (Wildman–Crippen LogP) is 7.85. The summed E-state index contributed by atoms with van der Waals surface area (Å²) in [5.41, 5.74) is 3.83. The molecule has 1 amide bonds. The fraction of sp³-hybridized carbons (Fsp3) is 0.516. The molecule has 202 valence electrons. The second-order valence-electron chi connectivity index (χ2n) is 9.47. The molecule has 0 aromatic heterocycles. The minimum atomic E-state index is -0.440. The maximum atomic E-state index is 12.2. The second kappa shape index (κ2) is 19.0. The highest BCUT2D eigenvalue weighted by Crippen LogP contribution is 2.16. The van der Waals surface area contributed by atoms with E-state index in [4.69, 9.17) is 9.47 Å². The van der Waals surface area contributed by atoms with Gasteiger partial charge in [0.15, 0.2) is 0 Å². The zero-order chi connectivity index (χ0) is 26.6. The van der Waals surface area contributed by atoms with Crippen LogP contribution < -0.4 is 14.9 Å². The molecule has 0 radical (unpaired) electrons. The summed E-state index contributed by atoms with van der Waals surface area (Å²) in [6.07, 6.45) is 18.8. The Morgan fingerprint density at radius 1 is 0.730 bits per heavy atom. The van der Waals surface area contributed by atoms with Crippen LogP contribution >= 0.6 is 0 Å². The summed E-state index contributed by atoms with van der Waals surface area (Å²) >= 11 is 0. The van der Waals surface area contributed by atoms with E-state index < -0.39 is 5.97 Å². The Bertz CT molecular complexity index is 923. The SMILES string of the molecule is CCCCCCCCCCCCCCCC(=O)N/N=C\c1ccc(OC(=O)c2ccc(OC)cc2)cc1. The largest absolute Gasteiger partial charge is 0.497 e. The highest BCUT2D eigenvalue weighted by Gasteiger charge is 2.08. The van der Waals surface area contributed by atoms with Crippen LogP contribution in [-0.4, -0.2) is 25.2 Å². The predicted molar refractivity (Wildman–Crippen MR) is 150 cm³/mol. The van der Waals surface area contributed by atoms with Crippen molar-refractivity contribution in [2.75, 3.05) is 7.11 Å². The maximum Gasteiger partial charge on any atom is 0.343 e. The van der Waals surface area contributed by atoms with Gasteiger partial charge in [0.1, 0.15) is 11.5 Å². The van der Waals surface area contributed by atoms with Gasteiger partial charge in [-0.15, -0.1) is 0 Å². The second-order valence-corrected chi connectivity index (χ2v) is 9.47. The van der Waals surface area contributed by atoms with Crippen LogP contribution in [0.2, 0.25) is 0 Å². The van der Waals surface area contributed by atoms with E-state index in [0.29, 0.717) is 23.5 Å². The van der Waals surface area contributed by atoms with Crippen LogP contribution in [0.5, 0.6) is 11.5 Å². The third-order valence-electron chi connectivity index (χ3n) is 6.33. The molecule has 0 bridgehead atoms. The van der Waals surface area contributed by atoms with Gasteiger partial charge in [-0.05, 0) is 60.5 Å². The molecular formula is C31H44N2O4. The molecule has 0 aliphatic heterocycles. The van der Waals surface area contributed by atoms with Crippen molar-refractivity contribution in [3.63, 3.8) is 0 Å². The molecule has 2 rings (SSSR count). The Morgan fingerprint density at radius 2 is 1.24 bits per heavy atom. The molecule has 1 N–H and O–H groups in total. The van der Waals surface area contributed by atoms with Crippen LogP contribution in [0.25, 0.3) is 0 Å². The quantitative estimate of drug-likeness (QED) is 0.0689. The fourth-order valence-corrected chi connectivity index (χ4v) is 4.05. The number of benzene rings is 2. The minimum Gasteiger partial charge on any atom is -0.497 e. The summed E-state index contributed by atoms with van der Waals surface area (Å²) in [6.45, 7) is 2.26. The first-order valence-corrected chi connectivity index (χ1v) is 13.9. The van der Waals surface area contributed by atoms with E-state index >= 15 is 0 Å². The Labute approximate surface area is 222 Å². The molecule has 6 nitrogen and oxygen atoms in total. The Balaban J connectivity index is 1.52. The topological polar surface area (TPSA) is 77.0 Å². The lowest BCUT2D eigenvalue weighted by atomic mass is 10.0. The molecule has 0 heterocycles. The van der Waals surface area contributed by atoms with E-state index in [0.717, 1.165) is 18.4 Å². The Kier molecular flexibility index (Phi) is 15.5. The molecule has 0 aliphatic carbocycles. The Morgan fingerprint density at radius 3 is 1.78 bits per heavy atom. The van der Waals surface area contributed by atoms with E-state index in [1.54, 1.807) is 61.9 Å². The molecule has 0 spiro atoms. The van der Waals surface area contributed by atoms with Gasteiger partial charge in [0, 0.05) is 6.42 Å². The lowest BCUT2D eigenvalue weighted by Crippen LogP contribution is -2.16. The van der Waals surface area contributed by atoms with Crippen LogP contribution in [0.15, 0.2) is 53.6 Å². The average Bonchev–Trinajstić information content (AvgIpc) is 2.92. The van der Waals surface area contributed by atoms with Crippen LogP contribution in [0.4, 0.5) is 0 Å².